The van der Waals surface area contributed by atoms with E-state index in [2.05, 4.69) is 57.1 Å². The summed E-state index contributed by atoms with van der Waals surface area (Å²) < 4.78 is 6.91. The number of carbonyl (C=O) groups is 1. The zero-order valence-electron chi connectivity index (χ0n) is 17.3. The van der Waals surface area contributed by atoms with E-state index in [9.17, 15) is 4.79 Å². The van der Waals surface area contributed by atoms with Crippen LogP contribution in [0, 0.1) is 0 Å². The molecule has 0 bridgehead atoms. The van der Waals surface area contributed by atoms with Crippen molar-refractivity contribution >= 4 is 56.2 Å². The predicted molar refractivity (Wildman–Crippen MR) is 133 cm³/mol. The number of amidine groups is 1. The predicted octanol–water partition coefficient (Wildman–Crippen LogP) is 6.45. The van der Waals surface area contributed by atoms with E-state index in [-0.39, 0.29) is 5.91 Å². The maximum Gasteiger partial charge on any atom is 0.264 e. The average Bonchev–Trinajstić information content (AvgIpc) is 3.37. The van der Waals surface area contributed by atoms with Gasteiger partial charge >= 0.3 is 0 Å². The molecular formula is C24H22BrN3O2S. The number of carbonyl (C=O) groups excluding carboxylic acids is 1. The van der Waals surface area contributed by atoms with Gasteiger partial charge in [0.1, 0.15) is 11.5 Å². The largest absolute Gasteiger partial charge is 0.457 e. The highest BCUT2D eigenvalue weighted by Gasteiger charge is 2.24. The van der Waals surface area contributed by atoms with Crippen LogP contribution in [-0.4, -0.2) is 24.2 Å². The number of hydrogen-bond donors (Lipinski definition) is 1. The fourth-order valence-corrected chi connectivity index (χ4v) is 4.34. The quantitative estimate of drug-likeness (QED) is 0.399. The lowest BCUT2D eigenvalue weighted by molar-refractivity contribution is -0.115. The van der Waals surface area contributed by atoms with Crippen molar-refractivity contribution in [2.45, 2.75) is 13.8 Å². The van der Waals surface area contributed by atoms with Gasteiger partial charge in [-0.15, -0.1) is 0 Å². The fourth-order valence-electron chi connectivity index (χ4n) is 3.25. The number of anilines is 1. The molecule has 0 atom stereocenters. The average molecular weight is 496 g/mol. The van der Waals surface area contributed by atoms with Crippen molar-refractivity contribution in [2.24, 2.45) is 4.99 Å². The Labute approximate surface area is 194 Å². The first-order chi connectivity index (χ1) is 15.1. The van der Waals surface area contributed by atoms with E-state index in [1.807, 2.05) is 48.5 Å². The number of rotatable bonds is 6. The number of thioether (sulfide) groups is 1. The summed E-state index contributed by atoms with van der Waals surface area (Å²) >= 11 is 4.74. The summed E-state index contributed by atoms with van der Waals surface area (Å²) in [5, 5.41) is 3.39. The van der Waals surface area contributed by atoms with Gasteiger partial charge in [-0.05, 0) is 74.1 Å². The normalized spacial score (nSPS) is 16.2. The third kappa shape index (κ3) is 5.11. The number of amides is 1. The maximum absolute atomic E-state index is 12.4. The van der Waals surface area contributed by atoms with Gasteiger partial charge in [0.25, 0.3) is 5.91 Å². The van der Waals surface area contributed by atoms with Crippen LogP contribution >= 0.6 is 27.7 Å². The number of furan rings is 1. The van der Waals surface area contributed by atoms with E-state index < -0.39 is 0 Å². The molecule has 0 aliphatic carbocycles. The van der Waals surface area contributed by atoms with Crippen LogP contribution in [0.25, 0.3) is 17.4 Å². The van der Waals surface area contributed by atoms with Gasteiger partial charge in [0, 0.05) is 34.9 Å². The lowest BCUT2D eigenvalue weighted by atomic mass is 10.2. The summed E-state index contributed by atoms with van der Waals surface area (Å²) in [6.45, 7) is 6.19. The van der Waals surface area contributed by atoms with E-state index in [1.165, 1.54) is 11.8 Å². The standard InChI is InChI=1S/C24H22BrN3O2S/c1-3-28(4-2)19-11-9-18(10-12-19)26-24-27-23(29)22(31-24)15-20-13-14-21(30-20)16-5-7-17(25)8-6-16/h5-15H,3-4H2,1-2H3,(H,26,27,29). The zero-order chi connectivity index (χ0) is 21.8. The highest BCUT2D eigenvalue weighted by atomic mass is 79.9. The summed E-state index contributed by atoms with van der Waals surface area (Å²) in [7, 11) is 0. The number of aliphatic imine (C=N–C) groups is 1. The van der Waals surface area contributed by atoms with Crippen molar-refractivity contribution in [2.75, 3.05) is 18.0 Å². The molecule has 3 aromatic rings. The van der Waals surface area contributed by atoms with Gasteiger partial charge in [-0.3, -0.25) is 4.79 Å². The minimum Gasteiger partial charge on any atom is -0.457 e. The number of benzene rings is 2. The Morgan fingerprint density at radius 1 is 1.03 bits per heavy atom. The van der Waals surface area contributed by atoms with E-state index in [4.69, 9.17) is 4.42 Å². The highest BCUT2D eigenvalue weighted by molar-refractivity contribution is 9.10. The second-order valence-electron chi connectivity index (χ2n) is 6.88. The Hall–Kier alpha value is -2.77. The molecule has 1 N–H and O–H groups in total. The van der Waals surface area contributed by atoms with Crippen molar-refractivity contribution < 1.29 is 9.21 Å². The van der Waals surface area contributed by atoms with Gasteiger partial charge in [0.15, 0.2) is 5.17 Å². The molecule has 2 heterocycles. The van der Waals surface area contributed by atoms with Crippen molar-refractivity contribution in [1.82, 2.24) is 5.32 Å². The molecule has 2 aromatic carbocycles. The second kappa shape index (κ2) is 9.58. The summed E-state index contributed by atoms with van der Waals surface area (Å²) in [4.78, 5) is 19.8. The molecule has 4 rings (SSSR count). The van der Waals surface area contributed by atoms with Crippen LogP contribution in [0.1, 0.15) is 19.6 Å². The third-order valence-corrected chi connectivity index (χ3v) is 6.33. The summed E-state index contributed by atoms with van der Waals surface area (Å²) in [5.41, 5.74) is 2.94. The Bertz CT molecular complexity index is 1130. The van der Waals surface area contributed by atoms with Crippen LogP contribution in [0.15, 0.2) is 79.5 Å². The molecule has 158 valence electrons. The first kappa shape index (κ1) is 21.5. The summed E-state index contributed by atoms with van der Waals surface area (Å²) in [5.74, 6) is 1.20. The number of nitrogens with one attached hydrogen (secondary N) is 1. The molecule has 1 aromatic heterocycles. The SMILES string of the molecule is CCN(CC)c1ccc(N=C2NC(=O)C(=Cc3ccc(-c4ccc(Br)cc4)o3)S2)cc1. The van der Waals surface area contributed by atoms with Crippen molar-refractivity contribution in [3.63, 3.8) is 0 Å². The van der Waals surface area contributed by atoms with Crippen LogP contribution in [-0.2, 0) is 4.79 Å². The minimum atomic E-state index is -0.176. The molecule has 5 nitrogen and oxygen atoms in total. The van der Waals surface area contributed by atoms with Crippen molar-refractivity contribution in [3.05, 3.63) is 75.8 Å². The van der Waals surface area contributed by atoms with Gasteiger partial charge in [-0.25, -0.2) is 4.99 Å². The van der Waals surface area contributed by atoms with Crippen LogP contribution in [0.5, 0.6) is 0 Å². The number of hydrogen-bond acceptors (Lipinski definition) is 5. The highest BCUT2D eigenvalue weighted by Crippen LogP contribution is 2.31. The molecule has 1 aliphatic heterocycles. The molecule has 31 heavy (non-hydrogen) atoms. The first-order valence-corrected chi connectivity index (χ1v) is 11.7. The molecule has 0 saturated carbocycles. The molecule has 0 spiro atoms. The van der Waals surface area contributed by atoms with Crippen LogP contribution in [0.2, 0.25) is 0 Å². The van der Waals surface area contributed by atoms with Gasteiger partial charge in [0.05, 0.1) is 10.6 Å². The summed E-state index contributed by atoms with van der Waals surface area (Å²) in [6.07, 6.45) is 1.74. The minimum absolute atomic E-state index is 0.176. The number of halogens is 1. The van der Waals surface area contributed by atoms with Gasteiger partial charge in [-0.2, -0.15) is 0 Å². The van der Waals surface area contributed by atoms with E-state index in [1.54, 1.807) is 6.08 Å². The van der Waals surface area contributed by atoms with E-state index in [0.29, 0.717) is 15.8 Å². The van der Waals surface area contributed by atoms with E-state index in [0.717, 1.165) is 40.3 Å². The molecule has 1 amide bonds. The fraction of sp³-hybridized carbons (Fsp3) is 0.167. The van der Waals surface area contributed by atoms with E-state index >= 15 is 0 Å². The topological polar surface area (TPSA) is 57.8 Å². The van der Waals surface area contributed by atoms with Crippen molar-refractivity contribution in [3.8, 4) is 11.3 Å². The monoisotopic (exact) mass is 495 g/mol. The van der Waals surface area contributed by atoms with Crippen LogP contribution in [0.3, 0.4) is 0 Å². The first-order valence-electron chi connectivity index (χ1n) is 10.1. The lowest BCUT2D eigenvalue weighted by Gasteiger charge is -2.20. The Morgan fingerprint density at radius 2 is 1.74 bits per heavy atom. The zero-order valence-corrected chi connectivity index (χ0v) is 19.7. The van der Waals surface area contributed by atoms with Gasteiger partial charge < -0.3 is 14.6 Å². The molecular weight excluding hydrogens is 474 g/mol. The Balaban J connectivity index is 1.48. The van der Waals surface area contributed by atoms with Crippen LogP contribution < -0.4 is 10.2 Å². The second-order valence-corrected chi connectivity index (χ2v) is 8.83. The molecule has 1 saturated heterocycles. The van der Waals surface area contributed by atoms with Gasteiger partial charge in [0.2, 0.25) is 0 Å². The molecule has 1 aliphatic rings. The molecule has 0 radical (unpaired) electrons. The number of nitrogens with zero attached hydrogens (tertiary/aromatic N) is 2. The smallest absolute Gasteiger partial charge is 0.264 e. The lowest BCUT2D eigenvalue weighted by Crippen LogP contribution is -2.21. The van der Waals surface area contributed by atoms with Crippen molar-refractivity contribution in [1.29, 1.82) is 0 Å². The molecule has 0 unspecified atom stereocenters. The third-order valence-electron chi connectivity index (χ3n) is 4.89. The Kier molecular flexibility index (Phi) is 6.63. The molecule has 7 heteroatoms. The van der Waals surface area contributed by atoms with Gasteiger partial charge in [-0.1, -0.05) is 28.1 Å². The Morgan fingerprint density at radius 3 is 2.42 bits per heavy atom. The molecule has 1 fully saturated rings. The summed E-state index contributed by atoms with van der Waals surface area (Å²) in [6, 6.07) is 19.7. The van der Waals surface area contributed by atoms with Crippen LogP contribution in [0.4, 0.5) is 11.4 Å². The maximum atomic E-state index is 12.4.